The van der Waals surface area contributed by atoms with Crippen LogP contribution in [0.25, 0.3) is 0 Å². The fraction of sp³-hybridized carbons (Fsp3) is 0.200. The average Bonchev–Trinajstić information content (AvgIpc) is 2.42. The summed E-state index contributed by atoms with van der Waals surface area (Å²) in [5.41, 5.74) is 7.31. The second-order valence-corrected chi connectivity index (χ2v) is 4.32. The van der Waals surface area contributed by atoms with Crippen LogP contribution in [0.3, 0.4) is 0 Å². The highest BCUT2D eigenvalue weighted by Gasteiger charge is 2.11. The summed E-state index contributed by atoms with van der Waals surface area (Å²) >= 11 is 0. The highest BCUT2D eigenvalue weighted by Crippen LogP contribution is 2.21. The summed E-state index contributed by atoms with van der Waals surface area (Å²) < 4.78 is 31.4. The molecule has 2 aromatic rings. The Hall–Kier alpha value is -1.94. The van der Waals surface area contributed by atoms with Gasteiger partial charge < -0.3 is 10.5 Å². The highest BCUT2D eigenvalue weighted by molar-refractivity contribution is 5.30. The van der Waals surface area contributed by atoms with E-state index in [0.29, 0.717) is 12.0 Å². The summed E-state index contributed by atoms with van der Waals surface area (Å²) in [5.74, 6) is -0.410. The number of rotatable bonds is 4. The van der Waals surface area contributed by atoms with Gasteiger partial charge in [0, 0.05) is 12.1 Å². The average molecular weight is 263 g/mol. The van der Waals surface area contributed by atoms with Crippen LogP contribution < -0.4 is 10.5 Å². The zero-order valence-electron chi connectivity index (χ0n) is 10.6. The lowest BCUT2D eigenvalue weighted by Crippen LogP contribution is -2.14. The molecular formula is C15H15F2NO. The summed E-state index contributed by atoms with van der Waals surface area (Å²) in [6.07, 6.45) is 0.318. The van der Waals surface area contributed by atoms with E-state index in [1.165, 1.54) is 12.1 Å². The minimum absolute atomic E-state index is 0.318. The molecule has 2 rings (SSSR count). The molecule has 2 nitrogen and oxygen atoms in total. The molecule has 0 saturated carbocycles. The van der Waals surface area contributed by atoms with E-state index in [4.69, 9.17) is 10.5 Å². The molecule has 4 heteroatoms. The van der Waals surface area contributed by atoms with Crippen LogP contribution in [0, 0.1) is 11.6 Å². The van der Waals surface area contributed by atoms with Crippen molar-refractivity contribution in [2.24, 2.45) is 5.73 Å². The van der Waals surface area contributed by atoms with Crippen LogP contribution in [-0.2, 0) is 6.42 Å². The second-order valence-electron chi connectivity index (χ2n) is 4.32. The van der Waals surface area contributed by atoms with Crippen molar-refractivity contribution < 1.29 is 13.5 Å². The van der Waals surface area contributed by atoms with Crippen LogP contribution >= 0.6 is 0 Å². The molecule has 2 aromatic carbocycles. The maximum atomic E-state index is 13.5. The number of ether oxygens (including phenoxy) is 1. The van der Waals surface area contributed by atoms with Crippen molar-refractivity contribution in [2.45, 2.75) is 12.5 Å². The molecule has 0 saturated heterocycles. The summed E-state index contributed by atoms with van der Waals surface area (Å²) in [5, 5.41) is 0. The van der Waals surface area contributed by atoms with E-state index >= 15 is 0 Å². The molecule has 100 valence electrons. The maximum absolute atomic E-state index is 13.5. The maximum Gasteiger partial charge on any atom is 0.129 e. The fourth-order valence-electron chi connectivity index (χ4n) is 1.89. The topological polar surface area (TPSA) is 35.2 Å². The van der Waals surface area contributed by atoms with Crippen LogP contribution in [0.2, 0.25) is 0 Å². The van der Waals surface area contributed by atoms with Crippen molar-refractivity contribution in [1.29, 1.82) is 0 Å². The molecule has 0 bridgehead atoms. The van der Waals surface area contributed by atoms with Gasteiger partial charge in [0.05, 0.1) is 7.11 Å². The van der Waals surface area contributed by atoms with Gasteiger partial charge in [-0.15, -0.1) is 0 Å². The van der Waals surface area contributed by atoms with Gasteiger partial charge in [-0.05, 0) is 35.7 Å². The van der Waals surface area contributed by atoms with E-state index in [0.717, 1.165) is 17.4 Å². The summed E-state index contributed by atoms with van der Waals surface area (Å²) in [6.45, 7) is 0. The number of benzene rings is 2. The van der Waals surface area contributed by atoms with Crippen molar-refractivity contribution >= 4 is 0 Å². The first-order valence-corrected chi connectivity index (χ1v) is 5.93. The third kappa shape index (κ3) is 3.29. The first-order valence-electron chi connectivity index (χ1n) is 5.93. The Bertz CT molecular complexity index is 555. The number of hydrogen-bond donors (Lipinski definition) is 1. The Morgan fingerprint density at radius 3 is 2.37 bits per heavy atom. The SMILES string of the molecule is COc1ccc(C(N)Cc2ccc(F)cc2F)cc1. The molecule has 0 spiro atoms. The molecule has 0 aliphatic heterocycles. The normalized spacial score (nSPS) is 12.2. The number of hydrogen-bond acceptors (Lipinski definition) is 2. The van der Waals surface area contributed by atoms with Crippen molar-refractivity contribution in [2.75, 3.05) is 7.11 Å². The van der Waals surface area contributed by atoms with Crippen molar-refractivity contribution in [3.05, 3.63) is 65.2 Å². The van der Waals surface area contributed by atoms with Crippen molar-refractivity contribution in [3.63, 3.8) is 0 Å². The second kappa shape index (κ2) is 5.80. The Morgan fingerprint density at radius 1 is 1.11 bits per heavy atom. The van der Waals surface area contributed by atoms with E-state index in [-0.39, 0.29) is 6.04 Å². The standard InChI is InChI=1S/C15H15F2NO/c1-19-13-6-3-10(4-7-13)15(18)8-11-2-5-12(16)9-14(11)17/h2-7,9,15H,8,18H2,1H3. The van der Waals surface area contributed by atoms with Gasteiger partial charge in [-0.3, -0.25) is 0 Å². The molecule has 2 N–H and O–H groups in total. The number of nitrogens with two attached hydrogens (primary N) is 1. The van der Waals surface area contributed by atoms with Crippen molar-refractivity contribution in [3.8, 4) is 5.75 Å². The van der Waals surface area contributed by atoms with E-state index in [1.54, 1.807) is 19.2 Å². The van der Waals surface area contributed by atoms with Crippen molar-refractivity contribution in [1.82, 2.24) is 0 Å². The molecule has 0 amide bonds. The zero-order chi connectivity index (χ0) is 13.8. The zero-order valence-corrected chi connectivity index (χ0v) is 10.6. The van der Waals surface area contributed by atoms with Gasteiger partial charge in [-0.2, -0.15) is 0 Å². The minimum atomic E-state index is -0.584. The van der Waals surface area contributed by atoms with Crippen LogP contribution in [-0.4, -0.2) is 7.11 Å². The predicted octanol–water partition coefficient (Wildman–Crippen LogP) is 3.22. The third-order valence-corrected chi connectivity index (χ3v) is 3.00. The van der Waals surface area contributed by atoms with Gasteiger partial charge >= 0.3 is 0 Å². The molecule has 0 fully saturated rings. The van der Waals surface area contributed by atoms with Gasteiger partial charge in [0.15, 0.2) is 0 Å². The molecule has 0 radical (unpaired) electrons. The molecular weight excluding hydrogens is 248 g/mol. The number of halogens is 2. The van der Waals surface area contributed by atoms with Crippen LogP contribution in [0.4, 0.5) is 8.78 Å². The lowest BCUT2D eigenvalue weighted by Gasteiger charge is -2.13. The third-order valence-electron chi connectivity index (χ3n) is 3.00. The smallest absolute Gasteiger partial charge is 0.129 e. The van der Waals surface area contributed by atoms with Crippen LogP contribution in [0.15, 0.2) is 42.5 Å². The molecule has 1 unspecified atom stereocenters. The molecule has 0 aliphatic rings. The quantitative estimate of drug-likeness (QED) is 0.919. The van der Waals surface area contributed by atoms with Gasteiger partial charge in [-0.25, -0.2) is 8.78 Å². The van der Waals surface area contributed by atoms with E-state index < -0.39 is 11.6 Å². The fourth-order valence-corrected chi connectivity index (χ4v) is 1.89. The largest absolute Gasteiger partial charge is 0.497 e. The summed E-state index contributed by atoms with van der Waals surface area (Å²) in [7, 11) is 1.59. The van der Waals surface area contributed by atoms with Crippen LogP contribution in [0.5, 0.6) is 5.75 Å². The van der Waals surface area contributed by atoms with E-state index in [9.17, 15) is 8.78 Å². The molecule has 0 heterocycles. The summed E-state index contributed by atoms with van der Waals surface area (Å²) in [6, 6.07) is 10.5. The lowest BCUT2D eigenvalue weighted by atomic mass is 9.99. The minimum Gasteiger partial charge on any atom is -0.497 e. The lowest BCUT2D eigenvalue weighted by molar-refractivity contribution is 0.414. The Morgan fingerprint density at radius 2 is 1.79 bits per heavy atom. The number of methoxy groups -OCH3 is 1. The van der Waals surface area contributed by atoms with Gasteiger partial charge in [0.25, 0.3) is 0 Å². The highest BCUT2D eigenvalue weighted by atomic mass is 19.1. The molecule has 0 aromatic heterocycles. The molecule has 0 aliphatic carbocycles. The summed E-state index contributed by atoms with van der Waals surface area (Å²) in [4.78, 5) is 0. The van der Waals surface area contributed by atoms with Crippen LogP contribution in [0.1, 0.15) is 17.2 Å². The monoisotopic (exact) mass is 263 g/mol. The first-order chi connectivity index (χ1) is 9.10. The van der Waals surface area contributed by atoms with Gasteiger partial charge in [0.1, 0.15) is 17.4 Å². The Balaban J connectivity index is 2.13. The Kier molecular flexibility index (Phi) is 4.12. The van der Waals surface area contributed by atoms with Gasteiger partial charge in [-0.1, -0.05) is 18.2 Å². The molecule has 1 atom stereocenters. The molecule has 19 heavy (non-hydrogen) atoms. The first kappa shape index (κ1) is 13.5. The predicted molar refractivity (Wildman–Crippen MR) is 70.0 cm³/mol. The Labute approximate surface area is 110 Å². The van der Waals surface area contributed by atoms with Gasteiger partial charge in [0.2, 0.25) is 0 Å². The van der Waals surface area contributed by atoms with E-state index in [1.807, 2.05) is 12.1 Å². The van der Waals surface area contributed by atoms with E-state index in [2.05, 4.69) is 0 Å².